The fraction of sp³-hybridized carbons (Fsp3) is 0.480. The van der Waals surface area contributed by atoms with Crippen molar-refractivity contribution in [2.75, 3.05) is 13.6 Å². The third kappa shape index (κ3) is 3.72. The molecule has 1 aliphatic carbocycles. The van der Waals surface area contributed by atoms with E-state index in [-0.39, 0.29) is 0 Å². The largest absolute Gasteiger partial charge is 0.384 e. The number of rotatable bonds is 5. The first kappa shape index (κ1) is 20.1. The van der Waals surface area contributed by atoms with Gasteiger partial charge in [-0.3, -0.25) is 9.88 Å². The van der Waals surface area contributed by atoms with Gasteiger partial charge in [-0.25, -0.2) is 0 Å². The number of hydrogen-bond acceptors (Lipinski definition) is 3. The fourth-order valence-corrected chi connectivity index (χ4v) is 4.92. The third-order valence-corrected chi connectivity index (χ3v) is 6.64. The molecule has 1 aliphatic rings. The Hall–Kier alpha value is -2.17. The standard InChI is InChI=1S/C25H33N3O/c1-5-27(4)22-8-6-7-9-23-24(22)20-16-18(2)10-11-21(20)28(23)17-25(3,29)19-12-14-26-15-13-19/h10-16,22,29H,5-9,17H2,1-4H3. The van der Waals surface area contributed by atoms with Crippen molar-refractivity contribution in [1.82, 2.24) is 14.5 Å². The van der Waals surface area contributed by atoms with Gasteiger partial charge in [0.15, 0.2) is 0 Å². The molecule has 0 bridgehead atoms. The van der Waals surface area contributed by atoms with Crippen LogP contribution >= 0.6 is 0 Å². The molecule has 0 radical (unpaired) electrons. The molecule has 4 heteroatoms. The number of pyridine rings is 1. The van der Waals surface area contributed by atoms with E-state index < -0.39 is 5.60 Å². The minimum atomic E-state index is -0.952. The maximum absolute atomic E-state index is 11.4. The summed E-state index contributed by atoms with van der Waals surface area (Å²) in [6.45, 7) is 7.92. The zero-order valence-electron chi connectivity index (χ0n) is 18.2. The van der Waals surface area contributed by atoms with E-state index in [2.05, 4.69) is 53.5 Å². The zero-order valence-corrected chi connectivity index (χ0v) is 18.2. The van der Waals surface area contributed by atoms with Crippen molar-refractivity contribution in [2.24, 2.45) is 0 Å². The highest BCUT2D eigenvalue weighted by Gasteiger charge is 2.31. The molecule has 2 unspecified atom stereocenters. The van der Waals surface area contributed by atoms with Crippen LogP contribution in [0.1, 0.15) is 61.5 Å². The van der Waals surface area contributed by atoms with Gasteiger partial charge in [0.05, 0.1) is 6.54 Å². The number of fused-ring (bicyclic) bond motifs is 3. The molecule has 0 saturated carbocycles. The van der Waals surface area contributed by atoms with E-state index in [1.54, 1.807) is 12.4 Å². The van der Waals surface area contributed by atoms with Crippen molar-refractivity contribution in [3.05, 3.63) is 65.1 Å². The topological polar surface area (TPSA) is 41.3 Å². The molecule has 0 saturated heterocycles. The minimum absolute atomic E-state index is 0.439. The van der Waals surface area contributed by atoms with Crippen LogP contribution in [-0.4, -0.2) is 33.1 Å². The highest BCUT2D eigenvalue weighted by Crippen LogP contribution is 2.41. The monoisotopic (exact) mass is 391 g/mol. The number of nitrogens with zero attached hydrogens (tertiary/aromatic N) is 3. The van der Waals surface area contributed by atoms with Gasteiger partial charge < -0.3 is 9.67 Å². The van der Waals surface area contributed by atoms with Gasteiger partial charge in [0.1, 0.15) is 5.60 Å². The molecule has 0 aliphatic heterocycles. The molecule has 2 aromatic heterocycles. The quantitative estimate of drug-likeness (QED) is 0.624. The molecule has 4 nitrogen and oxygen atoms in total. The summed E-state index contributed by atoms with van der Waals surface area (Å²) >= 11 is 0. The molecule has 4 rings (SSSR count). The highest BCUT2D eigenvalue weighted by molar-refractivity contribution is 5.87. The fourth-order valence-electron chi connectivity index (χ4n) is 4.92. The maximum Gasteiger partial charge on any atom is 0.105 e. The Labute approximate surface area is 174 Å². The predicted molar refractivity (Wildman–Crippen MR) is 119 cm³/mol. The van der Waals surface area contributed by atoms with E-state index in [0.717, 1.165) is 18.5 Å². The summed E-state index contributed by atoms with van der Waals surface area (Å²) in [7, 11) is 2.24. The second-order valence-corrected chi connectivity index (χ2v) is 8.81. The van der Waals surface area contributed by atoms with Crippen molar-refractivity contribution in [2.45, 2.75) is 64.6 Å². The first-order chi connectivity index (χ1) is 13.9. The third-order valence-electron chi connectivity index (χ3n) is 6.64. The smallest absolute Gasteiger partial charge is 0.105 e. The van der Waals surface area contributed by atoms with E-state index in [1.165, 1.54) is 47.0 Å². The van der Waals surface area contributed by atoms with Crippen molar-refractivity contribution < 1.29 is 5.11 Å². The molecule has 2 atom stereocenters. The van der Waals surface area contributed by atoms with E-state index in [0.29, 0.717) is 12.6 Å². The van der Waals surface area contributed by atoms with E-state index in [4.69, 9.17) is 0 Å². The lowest BCUT2D eigenvalue weighted by Crippen LogP contribution is -2.29. The first-order valence-corrected chi connectivity index (χ1v) is 10.9. The van der Waals surface area contributed by atoms with Crippen LogP contribution in [-0.2, 0) is 18.6 Å². The summed E-state index contributed by atoms with van der Waals surface area (Å²) in [5.74, 6) is 0. The highest BCUT2D eigenvalue weighted by atomic mass is 16.3. The predicted octanol–water partition coefficient (Wildman–Crippen LogP) is 4.97. The van der Waals surface area contributed by atoms with Crippen LogP contribution < -0.4 is 0 Å². The molecule has 0 spiro atoms. The van der Waals surface area contributed by atoms with Crippen molar-refractivity contribution >= 4 is 10.9 Å². The summed E-state index contributed by atoms with van der Waals surface area (Å²) in [5, 5.41) is 12.8. The van der Waals surface area contributed by atoms with Gasteiger partial charge in [-0.2, -0.15) is 0 Å². The van der Waals surface area contributed by atoms with Gasteiger partial charge >= 0.3 is 0 Å². The van der Waals surface area contributed by atoms with Crippen molar-refractivity contribution in [3.63, 3.8) is 0 Å². The van der Waals surface area contributed by atoms with E-state index >= 15 is 0 Å². The number of aryl methyl sites for hydroxylation is 1. The minimum Gasteiger partial charge on any atom is -0.384 e. The summed E-state index contributed by atoms with van der Waals surface area (Å²) in [6, 6.07) is 11.1. The van der Waals surface area contributed by atoms with Gasteiger partial charge in [0.25, 0.3) is 0 Å². The number of hydrogen-bond donors (Lipinski definition) is 1. The molecule has 3 aromatic rings. The van der Waals surface area contributed by atoms with Gasteiger partial charge in [0.2, 0.25) is 0 Å². The summed E-state index contributed by atoms with van der Waals surface area (Å²) in [5.41, 5.74) is 5.38. The van der Waals surface area contributed by atoms with Crippen LogP contribution in [0.5, 0.6) is 0 Å². The Morgan fingerprint density at radius 1 is 1.21 bits per heavy atom. The molecule has 0 amide bonds. The summed E-state index contributed by atoms with van der Waals surface area (Å²) in [4.78, 5) is 6.60. The van der Waals surface area contributed by atoms with Gasteiger partial charge in [0, 0.05) is 35.0 Å². The molecule has 29 heavy (non-hydrogen) atoms. The lowest BCUT2D eigenvalue weighted by Gasteiger charge is -2.28. The summed E-state index contributed by atoms with van der Waals surface area (Å²) in [6.07, 6.45) is 8.24. The van der Waals surface area contributed by atoms with Crippen molar-refractivity contribution in [3.8, 4) is 0 Å². The van der Waals surface area contributed by atoms with Gasteiger partial charge in [-0.1, -0.05) is 25.0 Å². The van der Waals surface area contributed by atoms with Crippen LogP contribution in [0.15, 0.2) is 42.7 Å². The molecular formula is C25H33N3O. The number of aliphatic hydroxyl groups is 1. The second kappa shape index (κ2) is 7.92. The average Bonchev–Trinajstić information content (AvgIpc) is 2.87. The molecule has 1 N–H and O–H groups in total. The Kier molecular flexibility index (Phi) is 5.50. The van der Waals surface area contributed by atoms with Gasteiger partial charge in [-0.15, -0.1) is 0 Å². The SMILES string of the molecule is CCN(C)C1CCCCc2c1c1cc(C)ccc1n2CC(C)(O)c1ccncc1. The normalized spacial score (nSPS) is 19.2. The van der Waals surface area contributed by atoms with E-state index in [1.807, 2.05) is 19.1 Å². The van der Waals surface area contributed by atoms with Crippen LogP contribution in [0.25, 0.3) is 10.9 Å². The van der Waals surface area contributed by atoms with Gasteiger partial charge in [-0.05, 0) is 82.1 Å². The molecule has 154 valence electrons. The molecule has 2 heterocycles. The Bertz CT molecular complexity index is 990. The van der Waals surface area contributed by atoms with Crippen LogP contribution in [0, 0.1) is 6.92 Å². The van der Waals surface area contributed by atoms with Crippen LogP contribution in [0.2, 0.25) is 0 Å². The lowest BCUT2D eigenvalue weighted by atomic mass is 9.96. The second-order valence-electron chi connectivity index (χ2n) is 8.81. The average molecular weight is 392 g/mol. The van der Waals surface area contributed by atoms with Crippen LogP contribution in [0.4, 0.5) is 0 Å². The lowest BCUT2D eigenvalue weighted by molar-refractivity contribution is 0.0386. The van der Waals surface area contributed by atoms with E-state index in [9.17, 15) is 5.11 Å². The molecule has 1 aromatic carbocycles. The maximum atomic E-state index is 11.4. The van der Waals surface area contributed by atoms with Crippen LogP contribution in [0.3, 0.4) is 0 Å². The molecular weight excluding hydrogens is 358 g/mol. The number of aromatic nitrogens is 2. The Morgan fingerprint density at radius 2 is 1.97 bits per heavy atom. The summed E-state index contributed by atoms with van der Waals surface area (Å²) < 4.78 is 2.40. The zero-order chi connectivity index (χ0) is 20.6. The van der Waals surface area contributed by atoms with Crippen molar-refractivity contribution in [1.29, 1.82) is 0 Å². The Morgan fingerprint density at radius 3 is 2.69 bits per heavy atom. The first-order valence-electron chi connectivity index (χ1n) is 10.9. The number of benzene rings is 1. The molecule has 0 fully saturated rings. The Balaban J connectivity index is 1.90.